The fourth-order valence-corrected chi connectivity index (χ4v) is 4.21. The molecule has 2 aromatic rings. The maximum atomic E-state index is 12.6. The van der Waals surface area contributed by atoms with Crippen LogP contribution < -0.4 is 5.32 Å². The molecule has 1 fully saturated rings. The van der Waals surface area contributed by atoms with Crippen molar-refractivity contribution in [3.8, 4) is 0 Å². The van der Waals surface area contributed by atoms with Crippen LogP contribution in [0.4, 0.5) is 5.13 Å². The van der Waals surface area contributed by atoms with E-state index in [9.17, 15) is 14.4 Å². The Labute approximate surface area is 174 Å². The Bertz CT molecular complexity index is 939. The van der Waals surface area contributed by atoms with Gasteiger partial charge in [-0.15, -0.1) is 11.3 Å². The minimum Gasteiger partial charge on any atom is -0.465 e. The molecule has 1 saturated heterocycles. The summed E-state index contributed by atoms with van der Waals surface area (Å²) in [5.74, 6) is -0.894. The summed E-state index contributed by atoms with van der Waals surface area (Å²) in [4.78, 5) is 41.9. The number of methoxy groups -OCH3 is 1. The molecule has 28 heavy (non-hydrogen) atoms. The van der Waals surface area contributed by atoms with E-state index in [1.165, 1.54) is 35.1 Å². The number of carbonyl (C=O) groups is 3. The molecule has 0 atom stereocenters. The zero-order valence-electron chi connectivity index (χ0n) is 14.7. The summed E-state index contributed by atoms with van der Waals surface area (Å²) in [7, 11) is 1.32. The number of rotatable bonds is 6. The second-order valence-electron chi connectivity index (χ2n) is 5.58. The molecule has 144 valence electrons. The number of aromatic nitrogens is 1. The first kappa shape index (κ1) is 20.2. The molecule has 1 N–H and O–H groups in total. The van der Waals surface area contributed by atoms with Crippen molar-refractivity contribution in [1.29, 1.82) is 0 Å². The Morgan fingerprint density at radius 1 is 1.32 bits per heavy atom. The average molecular weight is 434 g/mol. The molecule has 0 unspecified atom stereocenters. The average Bonchev–Trinajstić information content (AvgIpc) is 3.28. The van der Waals surface area contributed by atoms with E-state index in [0.29, 0.717) is 19.9 Å². The molecule has 1 aliphatic heterocycles. The number of hydrogen-bond acceptors (Lipinski definition) is 8. The lowest BCUT2D eigenvalue weighted by Gasteiger charge is -2.13. The SMILES string of the molecule is COC(=O)c1ccc(C=C2SC(=S)N(CCC(=O)Nc3nccs3)C2=O)cc1. The summed E-state index contributed by atoms with van der Waals surface area (Å²) in [6.07, 6.45) is 3.42. The smallest absolute Gasteiger partial charge is 0.337 e. The molecule has 3 rings (SSSR count). The molecule has 0 saturated carbocycles. The van der Waals surface area contributed by atoms with Gasteiger partial charge in [-0.25, -0.2) is 9.78 Å². The van der Waals surface area contributed by atoms with Crippen molar-refractivity contribution in [2.75, 3.05) is 19.0 Å². The number of benzene rings is 1. The number of nitrogens with zero attached hydrogens (tertiary/aromatic N) is 2. The first-order chi connectivity index (χ1) is 13.5. The van der Waals surface area contributed by atoms with Crippen LogP contribution in [-0.4, -0.2) is 45.6 Å². The van der Waals surface area contributed by atoms with Crippen LogP contribution in [0.1, 0.15) is 22.3 Å². The van der Waals surface area contributed by atoms with Gasteiger partial charge in [-0.1, -0.05) is 36.1 Å². The zero-order chi connectivity index (χ0) is 20.1. The van der Waals surface area contributed by atoms with Gasteiger partial charge in [0.15, 0.2) is 5.13 Å². The van der Waals surface area contributed by atoms with Crippen LogP contribution >= 0.6 is 35.3 Å². The zero-order valence-corrected chi connectivity index (χ0v) is 17.2. The molecule has 0 radical (unpaired) electrons. The van der Waals surface area contributed by atoms with Crippen LogP contribution in [0, 0.1) is 0 Å². The topological polar surface area (TPSA) is 88.6 Å². The summed E-state index contributed by atoms with van der Waals surface area (Å²) < 4.78 is 5.07. The number of amides is 2. The number of carbonyl (C=O) groups excluding carboxylic acids is 3. The molecule has 2 heterocycles. The molecule has 0 bridgehead atoms. The van der Waals surface area contributed by atoms with E-state index in [0.717, 1.165) is 5.56 Å². The van der Waals surface area contributed by atoms with Gasteiger partial charge in [0.1, 0.15) is 4.32 Å². The van der Waals surface area contributed by atoms with Crippen molar-refractivity contribution in [1.82, 2.24) is 9.88 Å². The Morgan fingerprint density at radius 3 is 2.71 bits per heavy atom. The van der Waals surface area contributed by atoms with E-state index in [1.807, 2.05) is 0 Å². The molecular weight excluding hydrogens is 418 g/mol. The maximum Gasteiger partial charge on any atom is 0.337 e. The largest absolute Gasteiger partial charge is 0.465 e. The standard InChI is InChI=1S/C18H15N3O4S3/c1-25-16(24)12-4-2-11(3-5-12)10-13-15(23)21(18(26)28-13)8-6-14(22)20-17-19-7-9-27-17/h2-5,7,9-10H,6,8H2,1H3,(H,19,20,22). The molecule has 7 nitrogen and oxygen atoms in total. The van der Waals surface area contributed by atoms with E-state index in [4.69, 9.17) is 12.2 Å². The highest BCUT2D eigenvalue weighted by atomic mass is 32.2. The third-order valence-electron chi connectivity index (χ3n) is 3.74. The van der Waals surface area contributed by atoms with E-state index < -0.39 is 5.97 Å². The van der Waals surface area contributed by atoms with Gasteiger partial charge in [-0.05, 0) is 23.8 Å². The van der Waals surface area contributed by atoms with E-state index in [2.05, 4.69) is 15.0 Å². The van der Waals surface area contributed by atoms with E-state index in [1.54, 1.807) is 41.9 Å². The number of thiazole rings is 1. The van der Waals surface area contributed by atoms with Gasteiger partial charge in [0, 0.05) is 24.5 Å². The van der Waals surface area contributed by atoms with Crippen LogP contribution in [-0.2, 0) is 14.3 Å². The van der Waals surface area contributed by atoms with Gasteiger partial charge in [-0.3, -0.25) is 14.5 Å². The van der Waals surface area contributed by atoms with Crippen molar-refractivity contribution in [2.45, 2.75) is 6.42 Å². The van der Waals surface area contributed by atoms with Crippen LogP contribution in [0.25, 0.3) is 6.08 Å². The summed E-state index contributed by atoms with van der Waals surface area (Å²) >= 11 is 7.78. The van der Waals surface area contributed by atoms with Crippen LogP contribution in [0.3, 0.4) is 0 Å². The van der Waals surface area contributed by atoms with Crippen molar-refractivity contribution in [2.24, 2.45) is 0 Å². The third kappa shape index (κ3) is 4.83. The molecule has 0 spiro atoms. The first-order valence-electron chi connectivity index (χ1n) is 8.11. The molecular formula is C18H15N3O4S3. The van der Waals surface area contributed by atoms with Crippen molar-refractivity contribution in [3.05, 3.63) is 51.9 Å². The number of thioether (sulfide) groups is 1. The second kappa shape index (κ2) is 9.09. The molecule has 0 aliphatic carbocycles. The first-order valence-corrected chi connectivity index (χ1v) is 10.2. The third-order valence-corrected chi connectivity index (χ3v) is 5.81. The lowest BCUT2D eigenvalue weighted by Crippen LogP contribution is -2.31. The van der Waals surface area contributed by atoms with Gasteiger partial charge in [0.05, 0.1) is 17.6 Å². The summed E-state index contributed by atoms with van der Waals surface area (Å²) in [6.45, 7) is 0.195. The van der Waals surface area contributed by atoms with Crippen molar-refractivity contribution < 1.29 is 19.1 Å². The Hall–Kier alpha value is -2.56. The minimum absolute atomic E-state index is 0.118. The molecule has 1 aromatic carbocycles. The van der Waals surface area contributed by atoms with Crippen molar-refractivity contribution in [3.63, 3.8) is 0 Å². The van der Waals surface area contributed by atoms with Gasteiger partial charge in [0.2, 0.25) is 5.91 Å². The normalized spacial score (nSPS) is 15.2. The molecule has 1 aliphatic rings. The highest BCUT2D eigenvalue weighted by Crippen LogP contribution is 2.32. The van der Waals surface area contributed by atoms with Gasteiger partial charge < -0.3 is 10.1 Å². The van der Waals surface area contributed by atoms with Crippen LogP contribution in [0.5, 0.6) is 0 Å². The Balaban J connectivity index is 1.61. The summed E-state index contributed by atoms with van der Waals surface area (Å²) in [5.41, 5.74) is 1.19. The quantitative estimate of drug-likeness (QED) is 0.425. The maximum absolute atomic E-state index is 12.6. The van der Waals surface area contributed by atoms with Crippen LogP contribution in [0.15, 0.2) is 40.7 Å². The fourth-order valence-electron chi connectivity index (χ4n) is 2.36. The number of thiocarbonyl (C=S) groups is 1. The van der Waals surface area contributed by atoms with Crippen LogP contribution in [0.2, 0.25) is 0 Å². The summed E-state index contributed by atoms with van der Waals surface area (Å²) in [6, 6.07) is 6.70. The van der Waals surface area contributed by atoms with Gasteiger partial charge >= 0.3 is 5.97 Å². The molecule has 2 amide bonds. The lowest BCUT2D eigenvalue weighted by atomic mass is 10.1. The predicted molar refractivity (Wildman–Crippen MR) is 113 cm³/mol. The van der Waals surface area contributed by atoms with E-state index in [-0.39, 0.29) is 24.8 Å². The fraction of sp³-hybridized carbons (Fsp3) is 0.167. The lowest BCUT2D eigenvalue weighted by molar-refractivity contribution is -0.122. The summed E-state index contributed by atoms with van der Waals surface area (Å²) in [5, 5.41) is 4.96. The minimum atomic E-state index is -0.422. The molecule has 1 aromatic heterocycles. The Kier molecular flexibility index (Phi) is 6.55. The predicted octanol–water partition coefficient (Wildman–Crippen LogP) is 3.16. The van der Waals surface area contributed by atoms with Gasteiger partial charge in [0.25, 0.3) is 5.91 Å². The number of hydrogen-bond donors (Lipinski definition) is 1. The number of ether oxygens (including phenoxy) is 1. The highest BCUT2D eigenvalue weighted by Gasteiger charge is 2.32. The van der Waals surface area contributed by atoms with E-state index >= 15 is 0 Å². The second-order valence-corrected chi connectivity index (χ2v) is 8.15. The molecule has 10 heteroatoms. The number of anilines is 1. The number of nitrogens with one attached hydrogen (secondary N) is 1. The highest BCUT2D eigenvalue weighted by molar-refractivity contribution is 8.26. The Morgan fingerprint density at radius 2 is 2.07 bits per heavy atom. The van der Waals surface area contributed by atoms with Crippen molar-refractivity contribution >= 4 is 68.6 Å². The monoisotopic (exact) mass is 433 g/mol. The van der Waals surface area contributed by atoms with Gasteiger partial charge in [-0.2, -0.15) is 0 Å². The number of esters is 1.